The first-order valence-electron chi connectivity index (χ1n) is 3.20. The van der Waals surface area contributed by atoms with E-state index in [1.165, 1.54) is 0 Å². The van der Waals surface area contributed by atoms with Crippen LogP contribution in [0.5, 0.6) is 0 Å². The quantitative estimate of drug-likeness (QED) is 0.377. The number of hydrogen-bond donors (Lipinski definition) is 3. The van der Waals surface area contributed by atoms with E-state index >= 15 is 0 Å². The van der Waals surface area contributed by atoms with Gasteiger partial charge in [0, 0.05) is 19.9 Å². The lowest BCUT2D eigenvalue weighted by atomic mass is 10.2. The summed E-state index contributed by atoms with van der Waals surface area (Å²) >= 11 is 0. The van der Waals surface area contributed by atoms with Crippen molar-refractivity contribution in [3.63, 3.8) is 0 Å². The molecule has 10 heavy (non-hydrogen) atoms. The van der Waals surface area contributed by atoms with Crippen LogP contribution in [0, 0.1) is 5.41 Å². The second-order valence-corrected chi connectivity index (χ2v) is 2.05. The molecular weight excluding hydrogens is 130 g/mol. The SMILES string of the molecule is CNC(=O)CCCC(=N)N. The summed E-state index contributed by atoms with van der Waals surface area (Å²) in [6.07, 6.45) is 1.62. The second-order valence-electron chi connectivity index (χ2n) is 2.05. The Morgan fingerprint density at radius 2 is 2.20 bits per heavy atom. The highest BCUT2D eigenvalue weighted by molar-refractivity contribution is 5.79. The lowest BCUT2D eigenvalue weighted by Gasteiger charge is -1.97. The van der Waals surface area contributed by atoms with Crippen molar-refractivity contribution in [2.75, 3.05) is 7.05 Å². The first kappa shape index (κ1) is 8.94. The Kier molecular flexibility index (Phi) is 4.28. The summed E-state index contributed by atoms with van der Waals surface area (Å²) in [6.45, 7) is 0. The Hall–Kier alpha value is -1.06. The lowest BCUT2D eigenvalue weighted by molar-refractivity contribution is -0.120. The Balaban J connectivity index is 3.20. The highest BCUT2D eigenvalue weighted by atomic mass is 16.1. The molecule has 0 aliphatic carbocycles. The van der Waals surface area contributed by atoms with E-state index in [1.807, 2.05) is 0 Å². The zero-order valence-corrected chi connectivity index (χ0v) is 6.11. The van der Waals surface area contributed by atoms with Crippen molar-refractivity contribution in [2.45, 2.75) is 19.3 Å². The van der Waals surface area contributed by atoms with Crippen molar-refractivity contribution in [3.8, 4) is 0 Å². The van der Waals surface area contributed by atoms with Gasteiger partial charge in [0.25, 0.3) is 0 Å². The summed E-state index contributed by atoms with van der Waals surface area (Å²) in [4.78, 5) is 10.6. The van der Waals surface area contributed by atoms with E-state index in [0.29, 0.717) is 19.3 Å². The zero-order chi connectivity index (χ0) is 7.98. The Labute approximate surface area is 60.3 Å². The Morgan fingerprint density at radius 1 is 1.60 bits per heavy atom. The maximum Gasteiger partial charge on any atom is 0.219 e. The molecule has 58 valence electrons. The summed E-state index contributed by atoms with van der Waals surface area (Å²) in [5, 5.41) is 9.33. The summed E-state index contributed by atoms with van der Waals surface area (Å²) < 4.78 is 0. The summed E-state index contributed by atoms with van der Waals surface area (Å²) in [5.41, 5.74) is 5.07. The van der Waals surface area contributed by atoms with Gasteiger partial charge in [0.05, 0.1) is 5.84 Å². The highest BCUT2D eigenvalue weighted by Crippen LogP contribution is 1.92. The van der Waals surface area contributed by atoms with Gasteiger partial charge in [0.15, 0.2) is 0 Å². The van der Waals surface area contributed by atoms with Crippen LogP contribution in [0.2, 0.25) is 0 Å². The number of carbonyl (C=O) groups is 1. The molecular formula is C6H13N3O. The van der Waals surface area contributed by atoms with Crippen molar-refractivity contribution < 1.29 is 4.79 Å². The molecule has 4 nitrogen and oxygen atoms in total. The van der Waals surface area contributed by atoms with E-state index in [0.717, 1.165) is 0 Å². The van der Waals surface area contributed by atoms with Crippen molar-refractivity contribution in [2.24, 2.45) is 5.73 Å². The molecule has 0 aromatic heterocycles. The van der Waals surface area contributed by atoms with Crippen LogP contribution in [-0.4, -0.2) is 18.8 Å². The van der Waals surface area contributed by atoms with Gasteiger partial charge < -0.3 is 11.1 Å². The number of nitrogens with two attached hydrogens (primary N) is 1. The number of rotatable bonds is 4. The van der Waals surface area contributed by atoms with E-state index in [2.05, 4.69) is 5.32 Å². The fraction of sp³-hybridized carbons (Fsp3) is 0.667. The molecule has 0 unspecified atom stereocenters. The molecule has 4 heteroatoms. The van der Waals surface area contributed by atoms with Crippen molar-refractivity contribution in [1.29, 1.82) is 5.41 Å². The largest absolute Gasteiger partial charge is 0.388 e. The molecule has 0 rings (SSSR count). The second kappa shape index (κ2) is 4.78. The van der Waals surface area contributed by atoms with Gasteiger partial charge in [0.1, 0.15) is 0 Å². The maximum absolute atomic E-state index is 10.6. The van der Waals surface area contributed by atoms with Crippen LogP contribution in [0.1, 0.15) is 19.3 Å². The summed E-state index contributed by atoms with van der Waals surface area (Å²) in [5.74, 6) is 0.144. The zero-order valence-electron chi connectivity index (χ0n) is 6.11. The van der Waals surface area contributed by atoms with Crippen LogP contribution < -0.4 is 11.1 Å². The average Bonchev–Trinajstić information content (AvgIpc) is 1.87. The highest BCUT2D eigenvalue weighted by Gasteiger charge is 1.96. The fourth-order valence-corrected chi connectivity index (χ4v) is 0.564. The van der Waals surface area contributed by atoms with Gasteiger partial charge in [-0.3, -0.25) is 10.2 Å². The minimum Gasteiger partial charge on any atom is -0.388 e. The van der Waals surface area contributed by atoms with Crippen molar-refractivity contribution in [3.05, 3.63) is 0 Å². The van der Waals surface area contributed by atoms with Gasteiger partial charge >= 0.3 is 0 Å². The van der Waals surface area contributed by atoms with Gasteiger partial charge in [-0.2, -0.15) is 0 Å². The molecule has 0 saturated carbocycles. The normalized spacial score (nSPS) is 8.90. The molecule has 0 aliphatic heterocycles. The van der Waals surface area contributed by atoms with Gasteiger partial charge in [0.2, 0.25) is 5.91 Å². The third kappa shape index (κ3) is 5.08. The number of nitrogens with one attached hydrogen (secondary N) is 2. The first-order chi connectivity index (χ1) is 4.66. The molecule has 0 heterocycles. The Bertz CT molecular complexity index is 133. The van der Waals surface area contributed by atoms with E-state index in [4.69, 9.17) is 11.1 Å². The molecule has 0 radical (unpaired) electrons. The summed E-state index contributed by atoms with van der Waals surface area (Å²) in [6, 6.07) is 0. The first-order valence-corrected chi connectivity index (χ1v) is 3.20. The predicted molar refractivity (Wildman–Crippen MR) is 39.8 cm³/mol. The van der Waals surface area contributed by atoms with Crippen LogP contribution in [0.3, 0.4) is 0 Å². The third-order valence-electron chi connectivity index (χ3n) is 1.13. The molecule has 0 bridgehead atoms. The number of amides is 1. The maximum atomic E-state index is 10.6. The number of hydrogen-bond acceptors (Lipinski definition) is 2. The van der Waals surface area contributed by atoms with E-state index in [9.17, 15) is 4.79 Å². The molecule has 4 N–H and O–H groups in total. The monoisotopic (exact) mass is 143 g/mol. The van der Waals surface area contributed by atoms with Gasteiger partial charge in [-0.25, -0.2) is 0 Å². The molecule has 0 aromatic rings. The van der Waals surface area contributed by atoms with E-state index < -0.39 is 0 Å². The molecule has 0 aliphatic rings. The predicted octanol–water partition coefficient (Wildman–Crippen LogP) is -0.161. The van der Waals surface area contributed by atoms with Gasteiger partial charge in [-0.1, -0.05) is 0 Å². The van der Waals surface area contributed by atoms with Crippen LogP contribution in [0.4, 0.5) is 0 Å². The molecule has 0 saturated heterocycles. The van der Waals surface area contributed by atoms with E-state index in [1.54, 1.807) is 7.05 Å². The minimum atomic E-state index is 0.00116. The topological polar surface area (TPSA) is 79.0 Å². The minimum absolute atomic E-state index is 0.00116. The van der Waals surface area contributed by atoms with Crippen molar-refractivity contribution >= 4 is 11.7 Å². The number of amidine groups is 1. The molecule has 0 atom stereocenters. The lowest BCUT2D eigenvalue weighted by Crippen LogP contribution is -2.18. The van der Waals surface area contributed by atoms with Crippen LogP contribution in [-0.2, 0) is 4.79 Å². The number of carbonyl (C=O) groups excluding carboxylic acids is 1. The van der Waals surface area contributed by atoms with Crippen molar-refractivity contribution in [1.82, 2.24) is 5.32 Å². The fourth-order valence-electron chi connectivity index (χ4n) is 0.564. The van der Waals surface area contributed by atoms with Gasteiger partial charge in [-0.05, 0) is 6.42 Å². The molecule has 0 spiro atoms. The van der Waals surface area contributed by atoms with Crippen LogP contribution in [0.25, 0.3) is 0 Å². The molecule has 1 amide bonds. The third-order valence-corrected chi connectivity index (χ3v) is 1.13. The van der Waals surface area contributed by atoms with Gasteiger partial charge in [-0.15, -0.1) is 0 Å². The summed E-state index contributed by atoms with van der Waals surface area (Å²) in [7, 11) is 1.59. The molecule has 0 fully saturated rings. The molecule has 0 aromatic carbocycles. The van der Waals surface area contributed by atoms with Crippen LogP contribution in [0.15, 0.2) is 0 Å². The van der Waals surface area contributed by atoms with E-state index in [-0.39, 0.29) is 11.7 Å². The smallest absolute Gasteiger partial charge is 0.219 e. The Morgan fingerprint density at radius 3 is 2.60 bits per heavy atom. The van der Waals surface area contributed by atoms with Crippen LogP contribution >= 0.6 is 0 Å². The average molecular weight is 143 g/mol. The standard InChI is InChI=1S/C6H13N3O/c1-9-6(10)4-2-3-5(7)8/h2-4H2,1H3,(H3,7,8)(H,9,10).